The van der Waals surface area contributed by atoms with Gasteiger partial charge in [-0.2, -0.15) is 0 Å². The number of hydrogen-bond acceptors (Lipinski definition) is 3. The zero-order valence-corrected chi connectivity index (χ0v) is 7.30. The minimum atomic E-state index is -0.0665. The summed E-state index contributed by atoms with van der Waals surface area (Å²) in [5.74, 6) is 0. The van der Waals surface area contributed by atoms with Crippen LogP contribution in [-0.4, -0.2) is 11.6 Å². The van der Waals surface area contributed by atoms with Crippen LogP contribution in [0, 0.1) is 0 Å². The fraction of sp³-hybridized carbons (Fsp3) is 0.444. The van der Waals surface area contributed by atoms with Gasteiger partial charge < -0.3 is 15.5 Å². The van der Waals surface area contributed by atoms with Crippen molar-refractivity contribution < 1.29 is 4.74 Å². The molecule has 0 saturated heterocycles. The smallest absolute Gasteiger partial charge is 0.252 e. The fourth-order valence-electron chi connectivity index (χ4n) is 1.52. The molecule has 1 aromatic rings. The monoisotopic (exact) mass is 180 g/mol. The molecule has 2 rings (SSSR count). The van der Waals surface area contributed by atoms with Crippen molar-refractivity contribution >= 4 is 0 Å². The van der Waals surface area contributed by atoms with E-state index < -0.39 is 0 Å². The number of aromatic nitrogens is 1. The number of rotatable bonds is 1. The molecule has 70 valence electrons. The molecule has 0 unspecified atom stereocenters. The molecule has 1 aliphatic heterocycles. The van der Waals surface area contributed by atoms with E-state index in [2.05, 4.69) is 4.98 Å². The predicted molar refractivity (Wildman–Crippen MR) is 48.3 cm³/mol. The topological polar surface area (TPSA) is 68.1 Å². The van der Waals surface area contributed by atoms with Gasteiger partial charge in [0.05, 0.1) is 13.2 Å². The van der Waals surface area contributed by atoms with E-state index in [1.54, 1.807) is 0 Å². The van der Waals surface area contributed by atoms with Crippen molar-refractivity contribution in [3.05, 3.63) is 33.2 Å². The largest absolute Gasteiger partial charge is 0.376 e. The Hall–Kier alpha value is -1.13. The molecule has 1 aromatic heterocycles. The molecule has 0 radical (unpaired) electrons. The molecule has 0 bridgehead atoms. The molecule has 1 aliphatic rings. The maximum atomic E-state index is 11.3. The van der Waals surface area contributed by atoms with Crippen molar-refractivity contribution in [3.63, 3.8) is 0 Å². The zero-order chi connectivity index (χ0) is 9.26. The number of nitrogens with two attached hydrogens (primary N) is 1. The van der Waals surface area contributed by atoms with E-state index in [0.29, 0.717) is 18.8 Å². The fourth-order valence-corrected chi connectivity index (χ4v) is 1.52. The highest BCUT2D eigenvalue weighted by atomic mass is 16.5. The van der Waals surface area contributed by atoms with E-state index in [0.717, 1.165) is 17.7 Å². The summed E-state index contributed by atoms with van der Waals surface area (Å²) in [6.07, 6.45) is 0.787. The first kappa shape index (κ1) is 8.47. The Morgan fingerprint density at radius 2 is 2.46 bits per heavy atom. The van der Waals surface area contributed by atoms with E-state index in [-0.39, 0.29) is 12.1 Å². The number of fused-ring (bicyclic) bond motifs is 1. The molecular formula is C9H12N2O2. The van der Waals surface area contributed by atoms with Crippen molar-refractivity contribution in [1.82, 2.24) is 4.98 Å². The maximum Gasteiger partial charge on any atom is 0.252 e. The summed E-state index contributed by atoms with van der Waals surface area (Å²) >= 11 is 0. The van der Waals surface area contributed by atoms with Crippen molar-refractivity contribution in [2.45, 2.75) is 19.6 Å². The lowest BCUT2D eigenvalue weighted by Crippen LogP contribution is -2.22. The van der Waals surface area contributed by atoms with Crippen LogP contribution >= 0.6 is 0 Å². The van der Waals surface area contributed by atoms with Crippen molar-refractivity contribution in [3.8, 4) is 0 Å². The van der Waals surface area contributed by atoms with Crippen LogP contribution in [0.25, 0.3) is 0 Å². The zero-order valence-electron chi connectivity index (χ0n) is 7.30. The van der Waals surface area contributed by atoms with Gasteiger partial charge in [0.1, 0.15) is 0 Å². The molecule has 0 spiro atoms. The summed E-state index contributed by atoms with van der Waals surface area (Å²) in [6, 6.07) is 1.84. The third kappa shape index (κ3) is 1.50. The van der Waals surface area contributed by atoms with Gasteiger partial charge in [-0.05, 0) is 11.6 Å². The molecule has 0 fully saturated rings. The van der Waals surface area contributed by atoms with Crippen LogP contribution in [-0.2, 0) is 24.3 Å². The predicted octanol–water partition coefficient (Wildman–Crippen LogP) is -0.0937. The van der Waals surface area contributed by atoms with Crippen LogP contribution < -0.4 is 11.3 Å². The molecule has 0 atom stereocenters. The number of hydrogen-bond donors (Lipinski definition) is 2. The Morgan fingerprint density at radius 1 is 1.62 bits per heavy atom. The van der Waals surface area contributed by atoms with Crippen LogP contribution in [0.5, 0.6) is 0 Å². The molecule has 0 aromatic carbocycles. The van der Waals surface area contributed by atoms with Gasteiger partial charge in [0, 0.05) is 24.2 Å². The number of H-pyrrole nitrogens is 1. The molecule has 3 N–H and O–H groups in total. The van der Waals surface area contributed by atoms with Gasteiger partial charge in [-0.3, -0.25) is 4.79 Å². The van der Waals surface area contributed by atoms with Gasteiger partial charge in [-0.1, -0.05) is 0 Å². The molecule has 4 heteroatoms. The third-order valence-corrected chi connectivity index (χ3v) is 2.27. The number of nitrogens with one attached hydrogen (secondary N) is 1. The Balaban J connectivity index is 2.51. The standard InChI is InChI=1S/C9H12N2O2/c10-4-6-3-7-5-13-2-1-8(7)11-9(6)12/h3H,1-2,4-5,10H2,(H,11,12). The molecule has 2 heterocycles. The first-order valence-corrected chi connectivity index (χ1v) is 4.33. The normalized spacial score (nSPS) is 15.5. The summed E-state index contributed by atoms with van der Waals surface area (Å²) in [6.45, 7) is 1.55. The Bertz CT molecular complexity index is 370. The number of pyridine rings is 1. The van der Waals surface area contributed by atoms with E-state index in [1.165, 1.54) is 0 Å². The molecule has 0 saturated carbocycles. The Labute approximate surface area is 75.7 Å². The van der Waals surface area contributed by atoms with E-state index >= 15 is 0 Å². The van der Waals surface area contributed by atoms with Gasteiger partial charge in [0.2, 0.25) is 0 Å². The van der Waals surface area contributed by atoms with Gasteiger partial charge >= 0.3 is 0 Å². The second-order valence-corrected chi connectivity index (χ2v) is 3.13. The second kappa shape index (κ2) is 3.32. The highest BCUT2D eigenvalue weighted by molar-refractivity contribution is 5.26. The maximum absolute atomic E-state index is 11.3. The van der Waals surface area contributed by atoms with Crippen LogP contribution in [0.1, 0.15) is 16.8 Å². The van der Waals surface area contributed by atoms with E-state index in [9.17, 15) is 4.79 Å². The third-order valence-electron chi connectivity index (χ3n) is 2.27. The van der Waals surface area contributed by atoms with Crippen molar-refractivity contribution in [2.24, 2.45) is 5.73 Å². The Morgan fingerprint density at radius 3 is 3.23 bits per heavy atom. The Kier molecular flexibility index (Phi) is 2.16. The van der Waals surface area contributed by atoms with Gasteiger partial charge in [0.25, 0.3) is 5.56 Å². The lowest BCUT2D eigenvalue weighted by atomic mass is 10.1. The van der Waals surface area contributed by atoms with Crippen LogP contribution in [0.15, 0.2) is 10.9 Å². The second-order valence-electron chi connectivity index (χ2n) is 3.13. The van der Waals surface area contributed by atoms with Crippen molar-refractivity contribution in [2.75, 3.05) is 6.61 Å². The summed E-state index contributed by atoms with van der Waals surface area (Å²) in [7, 11) is 0. The van der Waals surface area contributed by atoms with Crippen LogP contribution in [0.4, 0.5) is 0 Å². The molecular weight excluding hydrogens is 168 g/mol. The van der Waals surface area contributed by atoms with Gasteiger partial charge in [-0.15, -0.1) is 0 Å². The summed E-state index contributed by atoms with van der Waals surface area (Å²) < 4.78 is 5.27. The first-order chi connectivity index (χ1) is 6.31. The summed E-state index contributed by atoms with van der Waals surface area (Å²) in [5, 5.41) is 0. The van der Waals surface area contributed by atoms with Crippen LogP contribution in [0.3, 0.4) is 0 Å². The highest BCUT2D eigenvalue weighted by Crippen LogP contribution is 2.13. The molecule has 4 nitrogen and oxygen atoms in total. The van der Waals surface area contributed by atoms with E-state index in [4.69, 9.17) is 10.5 Å². The molecule has 0 amide bonds. The number of aromatic amines is 1. The quantitative estimate of drug-likeness (QED) is 0.634. The summed E-state index contributed by atoms with van der Waals surface area (Å²) in [4.78, 5) is 14.2. The highest BCUT2D eigenvalue weighted by Gasteiger charge is 2.11. The van der Waals surface area contributed by atoms with Gasteiger partial charge in [0.15, 0.2) is 0 Å². The lowest BCUT2D eigenvalue weighted by molar-refractivity contribution is 0.109. The summed E-state index contributed by atoms with van der Waals surface area (Å²) in [5.41, 5.74) is 8.04. The van der Waals surface area contributed by atoms with E-state index in [1.807, 2.05) is 6.07 Å². The molecule has 13 heavy (non-hydrogen) atoms. The minimum Gasteiger partial charge on any atom is -0.376 e. The first-order valence-electron chi connectivity index (χ1n) is 4.33. The van der Waals surface area contributed by atoms with Crippen molar-refractivity contribution in [1.29, 1.82) is 0 Å². The SMILES string of the molecule is NCc1cc2c([nH]c1=O)CCOC2. The molecule has 0 aliphatic carbocycles. The van der Waals surface area contributed by atoms with Gasteiger partial charge in [-0.25, -0.2) is 0 Å². The minimum absolute atomic E-state index is 0.0665. The van der Waals surface area contributed by atoms with Crippen LogP contribution in [0.2, 0.25) is 0 Å². The average molecular weight is 180 g/mol. The lowest BCUT2D eigenvalue weighted by Gasteiger charge is -2.16. The number of ether oxygens (including phenoxy) is 1. The average Bonchev–Trinajstić information content (AvgIpc) is 2.17.